The third kappa shape index (κ3) is 4.55. The molecule has 0 unspecified atom stereocenters. The Morgan fingerprint density at radius 2 is 1.79 bits per heavy atom. The maximum Gasteiger partial charge on any atom is 0.416 e. The zero-order chi connectivity index (χ0) is 17.7. The van der Waals surface area contributed by atoms with Crippen LogP contribution in [0.5, 0.6) is 11.5 Å². The Morgan fingerprint density at radius 3 is 2.38 bits per heavy atom. The lowest BCUT2D eigenvalue weighted by molar-refractivity contribution is -0.137. The summed E-state index contributed by atoms with van der Waals surface area (Å²) < 4.78 is 42.6. The Bertz CT molecular complexity index is 714. The molecular weight excluding hydrogens is 327 g/mol. The molecule has 24 heavy (non-hydrogen) atoms. The van der Waals surface area contributed by atoms with Gasteiger partial charge >= 0.3 is 12.1 Å². The standard InChI is InChI=1S/C16H14F3NO4/c17-16(18,19)10-1-4-12(5-2-10)24-8-7-20-11-3-6-14(21)13(9-11)15(22)23/h1-6,9,20-21H,7-8H2,(H,22,23). The molecule has 128 valence electrons. The first kappa shape index (κ1) is 17.5. The van der Waals surface area contributed by atoms with Crippen LogP contribution in [-0.2, 0) is 6.18 Å². The number of phenols is 1. The number of halogens is 3. The van der Waals surface area contributed by atoms with Crippen LogP contribution in [0.3, 0.4) is 0 Å². The van der Waals surface area contributed by atoms with Gasteiger partial charge in [-0.3, -0.25) is 0 Å². The molecule has 0 bridgehead atoms. The molecule has 0 radical (unpaired) electrons. The minimum Gasteiger partial charge on any atom is -0.507 e. The van der Waals surface area contributed by atoms with E-state index in [4.69, 9.17) is 9.84 Å². The molecule has 0 aromatic heterocycles. The highest BCUT2D eigenvalue weighted by Gasteiger charge is 2.29. The van der Waals surface area contributed by atoms with E-state index in [1.807, 2.05) is 0 Å². The van der Waals surface area contributed by atoms with Gasteiger partial charge in [0.05, 0.1) is 5.56 Å². The molecule has 3 N–H and O–H groups in total. The van der Waals surface area contributed by atoms with Gasteiger partial charge in [-0.05, 0) is 42.5 Å². The van der Waals surface area contributed by atoms with E-state index in [1.54, 1.807) is 0 Å². The van der Waals surface area contributed by atoms with E-state index in [0.29, 0.717) is 18.0 Å². The van der Waals surface area contributed by atoms with Gasteiger partial charge in [0.2, 0.25) is 0 Å². The Labute approximate surface area is 135 Å². The molecule has 0 spiro atoms. The van der Waals surface area contributed by atoms with Crippen molar-refractivity contribution in [1.29, 1.82) is 0 Å². The molecular formula is C16H14F3NO4. The Morgan fingerprint density at radius 1 is 1.12 bits per heavy atom. The zero-order valence-corrected chi connectivity index (χ0v) is 12.3. The molecule has 8 heteroatoms. The summed E-state index contributed by atoms with van der Waals surface area (Å²) in [6, 6.07) is 8.35. The third-order valence-electron chi connectivity index (χ3n) is 3.11. The number of anilines is 1. The van der Waals surface area contributed by atoms with E-state index in [2.05, 4.69) is 5.32 Å². The van der Waals surface area contributed by atoms with Gasteiger partial charge in [-0.15, -0.1) is 0 Å². The van der Waals surface area contributed by atoms with Gasteiger partial charge < -0.3 is 20.3 Å². The highest BCUT2D eigenvalue weighted by Crippen LogP contribution is 2.30. The van der Waals surface area contributed by atoms with E-state index < -0.39 is 17.7 Å². The summed E-state index contributed by atoms with van der Waals surface area (Å²) in [5.74, 6) is -1.30. The number of ether oxygens (including phenoxy) is 1. The quantitative estimate of drug-likeness (QED) is 0.553. The van der Waals surface area contributed by atoms with Crippen LogP contribution in [0.2, 0.25) is 0 Å². The highest BCUT2D eigenvalue weighted by atomic mass is 19.4. The van der Waals surface area contributed by atoms with Crippen LogP contribution >= 0.6 is 0 Å². The van der Waals surface area contributed by atoms with Crippen LogP contribution in [-0.4, -0.2) is 29.3 Å². The van der Waals surface area contributed by atoms with Crippen LogP contribution in [0.15, 0.2) is 42.5 Å². The molecule has 0 aliphatic carbocycles. The minimum atomic E-state index is -4.39. The van der Waals surface area contributed by atoms with E-state index in [1.165, 1.54) is 30.3 Å². The van der Waals surface area contributed by atoms with Crippen molar-refractivity contribution >= 4 is 11.7 Å². The molecule has 0 aliphatic heterocycles. The van der Waals surface area contributed by atoms with Gasteiger partial charge in [0.1, 0.15) is 23.7 Å². The van der Waals surface area contributed by atoms with Gasteiger partial charge in [0.25, 0.3) is 0 Å². The summed E-state index contributed by atoms with van der Waals surface area (Å²) in [7, 11) is 0. The molecule has 0 heterocycles. The van der Waals surface area contributed by atoms with Crippen LogP contribution in [0.4, 0.5) is 18.9 Å². The topological polar surface area (TPSA) is 78.8 Å². The number of carbonyl (C=O) groups is 1. The summed E-state index contributed by atoms with van der Waals surface area (Å²) in [5, 5.41) is 21.2. The van der Waals surface area contributed by atoms with Crippen molar-refractivity contribution in [3.05, 3.63) is 53.6 Å². The maximum atomic E-state index is 12.4. The molecule has 0 saturated carbocycles. The molecule has 0 fully saturated rings. The average molecular weight is 341 g/mol. The zero-order valence-electron chi connectivity index (χ0n) is 12.3. The van der Waals surface area contributed by atoms with E-state index in [9.17, 15) is 23.1 Å². The average Bonchev–Trinajstić information content (AvgIpc) is 2.52. The fraction of sp³-hybridized carbons (Fsp3) is 0.188. The second-order valence-electron chi connectivity index (χ2n) is 4.83. The number of hydrogen-bond acceptors (Lipinski definition) is 4. The largest absolute Gasteiger partial charge is 0.507 e. The van der Waals surface area contributed by atoms with Crippen LogP contribution in [0, 0.1) is 0 Å². The SMILES string of the molecule is O=C(O)c1cc(NCCOc2ccc(C(F)(F)F)cc2)ccc1O. The van der Waals surface area contributed by atoms with Crippen molar-refractivity contribution in [3.63, 3.8) is 0 Å². The number of alkyl halides is 3. The third-order valence-corrected chi connectivity index (χ3v) is 3.11. The van der Waals surface area contributed by atoms with Gasteiger partial charge in [-0.2, -0.15) is 13.2 Å². The van der Waals surface area contributed by atoms with Gasteiger partial charge in [0, 0.05) is 12.2 Å². The number of aromatic carboxylic acids is 1. The van der Waals surface area contributed by atoms with Crippen molar-refractivity contribution in [2.75, 3.05) is 18.5 Å². The molecule has 0 amide bonds. The first-order valence-electron chi connectivity index (χ1n) is 6.87. The maximum absolute atomic E-state index is 12.4. The molecule has 0 aliphatic rings. The van der Waals surface area contributed by atoms with E-state index in [-0.39, 0.29) is 17.9 Å². The molecule has 2 aromatic rings. The van der Waals surface area contributed by atoms with Crippen molar-refractivity contribution < 1.29 is 32.9 Å². The number of hydrogen-bond donors (Lipinski definition) is 3. The predicted molar refractivity (Wildman–Crippen MR) is 80.5 cm³/mol. The van der Waals surface area contributed by atoms with Crippen molar-refractivity contribution in [2.24, 2.45) is 0 Å². The lowest BCUT2D eigenvalue weighted by Crippen LogP contribution is -2.12. The summed E-state index contributed by atoms with van der Waals surface area (Å²) >= 11 is 0. The monoisotopic (exact) mass is 341 g/mol. The molecule has 0 atom stereocenters. The Balaban J connectivity index is 1.85. The number of carboxylic acids is 1. The molecule has 2 rings (SSSR count). The summed E-state index contributed by atoms with van der Waals surface area (Å²) in [5.41, 5.74) is -0.511. The number of aromatic hydroxyl groups is 1. The number of benzene rings is 2. The Hall–Kier alpha value is -2.90. The molecule has 0 saturated heterocycles. The first-order chi connectivity index (χ1) is 11.3. The highest BCUT2D eigenvalue weighted by molar-refractivity contribution is 5.91. The number of nitrogens with one attached hydrogen (secondary N) is 1. The van der Waals surface area contributed by atoms with Crippen molar-refractivity contribution in [3.8, 4) is 11.5 Å². The van der Waals surface area contributed by atoms with Crippen LogP contribution < -0.4 is 10.1 Å². The lowest BCUT2D eigenvalue weighted by atomic mass is 10.2. The van der Waals surface area contributed by atoms with E-state index in [0.717, 1.165) is 12.1 Å². The van der Waals surface area contributed by atoms with Crippen molar-refractivity contribution in [2.45, 2.75) is 6.18 Å². The second kappa shape index (κ2) is 7.12. The summed E-state index contributed by atoms with van der Waals surface area (Å²) in [6.07, 6.45) is -4.39. The lowest BCUT2D eigenvalue weighted by Gasteiger charge is -2.11. The predicted octanol–water partition coefficient (Wildman–Crippen LogP) is 3.60. The van der Waals surface area contributed by atoms with Gasteiger partial charge in [-0.25, -0.2) is 4.79 Å². The minimum absolute atomic E-state index is 0.161. The van der Waals surface area contributed by atoms with Crippen LogP contribution in [0.25, 0.3) is 0 Å². The second-order valence-corrected chi connectivity index (χ2v) is 4.83. The van der Waals surface area contributed by atoms with Crippen molar-refractivity contribution in [1.82, 2.24) is 0 Å². The fourth-order valence-electron chi connectivity index (χ4n) is 1.92. The number of rotatable bonds is 6. The fourth-order valence-corrected chi connectivity index (χ4v) is 1.92. The normalized spacial score (nSPS) is 11.1. The van der Waals surface area contributed by atoms with Crippen LogP contribution in [0.1, 0.15) is 15.9 Å². The molecule has 5 nitrogen and oxygen atoms in total. The Kier molecular flexibility index (Phi) is 5.18. The van der Waals surface area contributed by atoms with E-state index >= 15 is 0 Å². The summed E-state index contributed by atoms with van der Waals surface area (Å²) in [6.45, 7) is 0.458. The smallest absolute Gasteiger partial charge is 0.416 e. The summed E-state index contributed by atoms with van der Waals surface area (Å²) in [4.78, 5) is 10.9. The number of carboxylic acid groups (broad SMARTS) is 1. The van der Waals surface area contributed by atoms with Gasteiger partial charge in [0.15, 0.2) is 0 Å². The van der Waals surface area contributed by atoms with Gasteiger partial charge in [-0.1, -0.05) is 0 Å². The molecule has 2 aromatic carbocycles. The first-order valence-corrected chi connectivity index (χ1v) is 6.87.